The van der Waals surface area contributed by atoms with Crippen LogP contribution >= 0.6 is 22.9 Å². The van der Waals surface area contributed by atoms with Crippen LogP contribution in [0.3, 0.4) is 0 Å². The van der Waals surface area contributed by atoms with Crippen LogP contribution < -0.4 is 4.80 Å². The van der Waals surface area contributed by atoms with Gasteiger partial charge in [-0.25, -0.2) is 0 Å². The molecular weight excluding hydrogens is 288 g/mol. The Kier molecular flexibility index (Phi) is 4.51. The van der Waals surface area contributed by atoms with Gasteiger partial charge in [0.1, 0.15) is 0 Å². The molecule has 0 fully saturated rings. The normalized spacial score (nSPS) is 12.7. The van der Waals surface area contributed by atoms with Crippen LogP contribution in [0.5, 0.6) is 0 Å². The number of thiazole rings is 1. The quantitative estimate of drug-likeness (QED) is 0.728. The van der Waals surface area contributed by atoms with Crippen LogP contribution in [0.2, 0.25) is 5.02 Å². The van der Waals surface area contributed by atoms with Crippen LogP contribution in [0.15, 0.2) is 47.3 Å². The largest absolute Gasteiger partial charge is 0.313 e. The maximum atomic E-state index is 5.95. The zero-order valence-electron chi connectivity index (χ0n) is 12.1. The van der Waals surface area contributed by atoms with Crippen molar-refractivity contribution >= 4 is 22.9 Å². The van der Waals surface area contributed by atoms with Crippen LogP contribution in [-0.2, 0) is 6.54 Å². The molecule has 0 amide bonds. The summed E-state index contributed by atoms with van der Waals surface area (Å²) in [6.45, 7) is 10.9. The van der Waals surface area contributed by atoms with E-state index in [0.29, 0.717) is 0 Å². The maximum Gasteiger partial charge on any atom is 0.186 e. The summed E-state index contributed by atoms with van der Waals surface area (Å²) in [5.74, 6) is 0. The molecule has 0 spiro atoms. The number of hydrogen-bond acceptors (Lipinski definition) is 2. The fourth-order valence-electron chi connectivity index (χ4n) is 1.86. The summed E-state index contributed by atoms with van der Waals surface area (Å²) in [4.78, 5) is 5.80. The molecule has 1 aromatic carbocycles. The van der Waals surface area contributed by atoms with Gasteiger partial charge in [0.25, 0.3) is 0 Å². The highest BCUT2D eigenvalue weighted by atomic mass is 35.5. The first kappa shape index (κ1) is 15.1. The zero-order valence-corrected chi connectivity index (χ0v) is 13.6. The highest BCUT2D eigenvalue weighted by molar-refractivity contribution is 7.07. The Morgan fingerprint density at radius 2 is 1.95 bits per heavy atom. The number of nitrogens with zero attached hydrogens (tertiary/aromatic N) is 2. The van der Waals surface area contributed by atoms with E-state index in [4.69, 9.17) is 16.6 Å². The number of halogens is 1. The average Bonchev–Trinajstić information content (AvgIpc) is 2.72. The van der Waals surface area contributed by atoms with E-state index in [9.17, 15) is 0 Å². The third kappa shape index (κ3) is 3.62. The zero-order chi connectivity index (χ0) is 14.8. The molecule has 106 valence electrons. The van der Waals surface area contributed by atoms with Gasteiger partial charge >= 0.3 is 0 Å². The predicted molar refractivity (Wildman–Crippen MR) is 88.3 cm³/mol. The Bertz CT molecular complexity index is 657. The highest BCUT2D eigenvalue weighted by Gasteiger charge is 2.11. The summed E-state index contributed by atoms with van der Waals surface area (Å²) in [5, 5.41) is 2.89. The van der Waals surface area contributed by atoms with Crippen LogP contribution in [0, 0.1) is 0 Å². The van der Waals surface area contributed by atoms with Gasteiger partial charge in [-0.1, -0.05) is 29.8 Å². The van der Waals surface area contributed by atoms with Crippen molar-refractivity contribution in [3.05, 3.63) is 52.1 Å². The minimum absolute atomic E-state index is 0.0922. The molecule has 0 unspecified atom stereocenters. The van der Waals surface area contributed by atoms with E-state index < -0.39 is 0 Å². The van der Waals surface area contributed by atoms with Crippen LogP contribution in [0.1, 0.15) is 20.8 Å². The molecule has 2 nitrogen and oxygen atoms in total. The number of hydrogen-bond donors (Lipinski definition) is 0. The number of benzene rings is 1. The third-order valence-electron chi connectivity index (χ3n) is 2.68. The smallest absolute Gasteiger partial charge is 0.186 e. The lowest BCUT2D eigenvalue weighted by atomic mass is 10.1. The molecule has 0 aliphatic heterocycles. The Labute approximate surface area is 129 Å². The van der Waals surface area contributed by atoms with E-state index in [-0.39, 0.29) is 5.54 Å². The Balaban J connectivity index is 2.57. The predicted octanol–water partition coefficient (Wildman–Crippen LogP) is 4.76. The summed E-state index contributed by atoms with van der Waals surface area (Å²) in [6, 6.07) is 7.89. The monoisotopic (exact) mass is 306 g/mol. The van der Waals surface area contributed by atoms with Crippen molar-refractivity contribution in [1.29, 1.82) is 0 Å². The second kappa shape index (κ2) is 5.98. The van der Waals surface area contributed by atoms with Crippen molar-refractivity contribution in [2.45, 2.75) is 32.9 Å². The van der Waals surface area contributed by atoms with E-state index in [2.05, 4.69) is 37.3 Å². The molecule has 2 rings (SSSR count). The molecule has 1 heterocycles. The van der Waals surface area contributed by atoms with Crippen molar-refractivity contribution in [2.75, 3.05) is 0 Å². The van der Waals surface area contributed by atoms with E-state index in [1.807, 2.05) is 30.3 Å². The van der Waals surface area contributed by atoms with Gasteiger partial charge in [0, 0.05) is 16.9 Å². The van der Waals surface area contributed by atoms with Crippen molar-refractivity contribution in [1.82, 2.24) is 4.57 Å². The standard InChI is InChI=1S/C16H19ClN2S/c1-5-10-19-14(12-6-8-13(17)9-7-12)11-20-15(19)18-16(2,3)4/h5-9,11H,1,10H2,2-4H3. The first-order chi connectivity index (χ1) is 9.40. The molecule has 0 aliphatic rings. The van der Waals surface area contributed by atoms with Crippen molar-refractivity contribution < 1.29 is 0 Å². The summed E-state index contributed by atoms with van der Waals surface area (Å²) >= 11 is 7.61. The minimum Gasteiger partial charge on any atom is -0.313 e. The summed E-state index contributed by atoms with van der Waals surface area (Å²) < 4.78 is 2.19. The van der Waals surface area contributed by atoms with Gasteiger partial charge < -0.3 is 4.57 Å². The van der Waals surface area contributed by atoms with E-state index >= 15 is 0 Å². The number of allylic oxidation sites excluding steroid dienone is 1. The lowest BCUT2D eigenvalue weighted by molar-refractivity contribution is 0.555. The van der Waals surface area contributed by atoms with E-state index in [0.717, 1.165) is 27.6 Å². The lowest BCUT2D eigenvalue weighted by Gasteiger charge is -2.12. The molecule has 0 atom stereocenters. The fourth-order valence-corrected chi connectivity index (χ4v) is 3.10. The third-order valence-corrected chi connectivity index (χ3v) is 3.80. The van der Waals surface area contributed by atoms with E-state index in [1.165, 1.54) is 0 Å². The van der Waals surface area contributed by atoms with Crippen molar-refractivity contribution in [2.24, 2.45) is 4.99 Å². The summed E-state index contributed by atoms with van der Waals surface area (Å²) in [6.07, 6.45) is 1.90. The Morgan fingerprint density at radius 1 is 1.30 bits per heavy atom. The molecule has 0 N–H and O–H groups in total. The molecule has 1 aromatic heterocycles. The molecular formula is C16H19ClN2S. The van der Waals surface area contributed by atoms with E-state index in [1.54, 1.807) is 11.3 Å². The SMILES string of the molecule is C=CCn1c(-c2ccc(Cl)cc2)csc1=NC(C)(C)C. The molecule has 0 aliphatic carbocycles. The molecule has 2 aromatic rings. The van der Waals surface area contributed by atoms with Gasteiger partial charge in [-0.2, -0.15) is 0 Å². The van der Waals surface area contributed by atoms with Gasteiger partial charge in [-0.15, -0.1) is 17.9 Å². The van der Waals surface area contributed by atoms with Gasteiger partial charge in [-0.3, -0.25) is 4.99 Å². The molecule has 0 saturated carbocycles. The fraction of sp³-hybridized carbons (Fsp3) is 0.312. The highest BCUT2D eigenvalue weighted by Crippen LogP contribution is 2.22. The summed E-state index contributed by atoms with van der Waals surface area (Å²) in [5.41, 5.74) is 2.20. The molecule has 4 heteroatoms. The van der Waals surface area contributed by atoms with Gasteiger partial charge in [0.2, 0.25) is 0 Å². The number of rotatable bonds is 3. The second-order valence-corrected chi connectivity index (χ2v) is 6.87. The van der Waals surface area contributed by atoms with Crippen LogP contribution in [0.25, 0.3) is 11.3 Å². The van der Waals surface area contributed by atoms with Crippen molar-refractivity contribution in [3.8, 4) is 11.3 Å². The van der Waals surface area contributed by atoms with Gasteiger partial charge in [0.15, 0.2) is 4.80 Å². The molecule has 0 saturated heterocycles. The van der Waals surface area contributed by atoms with Crippen LogP contribution in [-0.4, -0.2) is 10.1 Å². The summed E-state index contributed by atoms with van der Waals surface area (Å²) in [7, 11) is 0. The van der Waals surface area contributed by atoms with Gasteiger partial charge in [0.05, 0.1) is 11.2 Å². The maximum absolute atomic E-state index is 5.95. The first-order valence-corrected chi connectivity index (χ1v) is 7.77. The molecule has 20 heavy (non-hydrogen) atoms. The minimum atomic E-state index is -0.0922. The van der Waals surface area contributed by atoms with Gasteiger partial charge in [-0.05, 0) is 38.5 Å². The number of aromatic nitrogens is 1. The lowest BCUT2D eigenvalue weighted by Crippen LogP contribution is -2.22. The Morgan fingerprint density at radius 3 is 2.50 bits per heavy atom. The first-order valence-electron chi connectivity index (χ1n) is 6.52. The Hall–Kier alpha value is -1.32. The topological polar surface area (TPSA) is 17.3 Å². The van der Waals surface area contributed by atoms with Crippen LogP contribution in [0.4, 0.5) is 0 Å². The molecule has 0 bridgehead atoms. The molecule has 0 radical (unpaired) electrons. The van der Waals surface area contributed by atoms with Crippen molar-refractivity contribution in [3.63, 3.8) is 0 Å². The average molecular weight is 307 g/mol. The second-order valence-electron chi connectivity index (χ2n) is 5.59.